The molecule has 0 aliphatic rings. The topological polar surface area (TPSA) is 61.8 Å². The number of carbonyl (C=O) groups excluding carboxylic acids is 2. The van der Waals surface area contributed by atoms with Gasteiger partial charge in [-0.3, -0.25) is 4.79 Å². The third-order valence-electron chi connectivity index (χ3n) is 2.62. The molecule has 0 atom stereocenters. The Kier molecular flexibility index (Phi) is 5.85. The number of hydrogen-bond acceptors (Lipinski definition) is 5. The molecule has 0 saturated carbocycles. The minimum atomic E-state index is -0.431. The Morgan fingerprint density at radius 2 is 1.95 bits per heavy atom. The van der Waals surface area contributed by atoms with Crippen LogP contribution in [0.5, 0.6) is 5.75 Å². The summed E-state index contributed by atoms with van der Waals surface area (Å²) in [6.45, 7) is 2.04. The predicted molar refractivity (Wildman–Crippen MR) is 69.3 cm³/mol. The van der Waals surface area contributed by atoms with Gasteiger partial charge in [0.05, 0.1) is 20.8 Å². The molecule has 0 fully saturated rings. The lowest BCUT2D eigenvalue weighted by molar-refractivity contribution is -0.140. The lowest BCUT2D eigenvalue weighted by Crippen LogP contribution is -2.09. The largest absolute Gasteiger partial charge is 0.496 e. The highest BCUT2D eigenvalue weighted by atomic mass is 16.5. The van der Waals surface area contributed by atoms with Crippen molar-refractivity contribution in [1.29, 1.82) is 0 Å². The Labute approximate surface area is 112 Å². The van der Waals surface area contributed by atoms with E-state index in [2.05, 4.69) is 4.74 Å². The van der Waals surface area contributed by atoms with Crippen molar-refractivity contribution in [1.82, 2.24) is 0 Å². The van der Waals surface area contributed by atoms with E-state index in [1.54, 1.807) is 19.1 Å². The molecular weight excluding hydrogens is 248 g/mol. The van der Waals surface area contributed by atoms with Gasteiger partial charge in [-0.2, -0.15) is 0 Å². The third-order valence-corrected chi connectivity index (χ3v) is 2.62. The van der Waals surface area contributed by atoms with E-state index in [-0.39, 0.29) is 12.4 Å². The van der Waals surface area contributed by atoms with Crippen LogP contribution in [0.4, 0.5) is 0 Å². The molecule has 0 N–H and O–H groups in total. The van der Waals surface area contributed by atoms with E-state index in [0.29, 0.717) is 24.3 Å². The Hall–Kier alpha value is -2.04. The summed E-state index contributed by atoms with van der Waals surface area (Å²) in [6.07, 6.45) is 0.683. The van der Waals surface area contributed by atoms with E-state index >= 15 is 0 Å². The first-order valence-electron chi connectivity index (χ1n) is 6.03. The standard InChI is InChI=1S/C14H18O5/c1-4-19-14(16)11-7-5-6-10(13(11)18-3)8-9-12(15)17-2/h5-7H,4,8-9H2,1-3H3. The molecule has 1 aromatic rings. The molecule has 19 heavy (non-hydrogen) atoms. The Morgan fingerprint density at radius 3 is 2.53 bits per heavy atom. The molecule has 0 amide bonds. The van der Waals surface area contributed by atoms with Crippen molar-refractivity contribution >= 4 is 11.9 Å². The second-order valence-electron chi connectivity index (χ2n) is 3.79. The predicted octanol–water partition coefficient (Wildman–Crippen LogP) is 1.98. The molecule has 5 heteroatoms. The highest BCUT2D eigenvalue weighted by Crippen LogP contribution is 2.25. The molecular formula is C14H18O5. The number of carbonyl (C=O) groups is 2. The van der Waals surface area contributed by atoms with Crippen LogP contribution >= 0.6 is 0 Å². The molecule has 0 aliphatic carbocycles. The maximum Gasteiger partial charge on any atom is 0.341 e. The fraction of sp³-hybridized carbons (Fsp3) is 0.429. The number of methoxy groups -OCH3 is 2. The first kappa shape index (κ1) is 15.0. The lowest BCUT2D eigenvalue weighted by Gasteiger charge is -2.12. The van der Waals surface area contributed by atoms with Crippen molar-refractivity contribution in [2.45, 2.75) is 19.8 Å². The van der Waals surface area contributed by atoms with Crippen molar-refractivity contribution in [2.24, 2.45) is 0 Å². The minimum Gasteiger partial charge on any atom is -0.496 e. The van der Waals surface area contributed by atoms with Gasteiger partial charge in [-0.25, -0.2) is 4.79 Å². The van der Waals surface area contributed by atoms with Crippen molar-refractivity contribution < 1.29 is 23.8 Å². The highest BCUT2D eigenvalue weighted by Gasteiger charge is 2.17. The fourth-order valence-electron chi connectivity index (χ4n) is 1.73. The van der Waals surface area contributed by atoms with Gasteiger partial charge in [0.15, 0.2) is 0 Å². The van der Waals surface area contributed by atoms with Crippen LogP contribution in [0.2, 0.25) is 0 Å². The van der Waals surface area contributed by atoms with Crippen LogP contribution in [0, 0.1) is 0 Å². The summed E-state index contributed by atoms with van der Waals surface area (Å²) in [5.74, 6) is -0.285. The summed E-state index contributed by atoms with van der Waals surface area (Å²) in [5, 5.41) is 0. The number of benzene rings is 1. The SMILES string of the molecule is CCOC(=O)c1cccc(CCC(=O)OC)c1OC. The lowest BCUT2D eigenvalue weighted by atomic mass is 10.0. The zero-order chi connectivity index (χ0) is 14.3. The van der Waals surface area contributed by atoms with Crippen molar-refractivity contribution in [3.05, 3.63) is 29.3 Å². The van der Waals surface area contributed by atoms with Crippen LogP contribution < -0.4 is 4.74 Å². The zero-order valence-electron chi connectivity index (χ0n) is 11.4. The van der Waals surface area contributed by atoms with Crippen LogP contribution in [0.25, 0.3) is 0 Å². The summed E-state index contributed by atoms with van der Waals surface area (Å²) >= 11 is 0. The summed E-state index contributed by atoms with van der Waals surface area (Å²) in [5.41, 5.74) is 1.14. The third kappa shape index (κ3) is 3.98. The zero-order valence-corrected chi connectivity index (χ0v) is 11.4. The molecule has 104 valence electrons. The van der Waals surface area contributed by atoms with Gasteiger partial charge in [0, 0.05) is 6.42 Å². The average molecular weight is 266 g/mol. The second-order valence-corrected chi connectivity index (χ2v) is 3.79. The molecule has 0 bridgehead atoms. The molecule has 0 aliphatic heterocycles. The Morgan fingerprint density at radius 1 is 1.21 bits per heavy atom. The summed E-state index contributed by atoms with van der Waals surface area (Å²) in [7, 11) is 2.83. The molecule has 1 rings (SSSR count). The second kappa shape index (κ2) is 7.41. The van der Waals surface area contributed by atoms with E-state index in [0.717, 1.165) is 5.56 Å². The first-order chi connectivity index (χ1) is 9.13. The summed E-state index contributed by atoms with van der Waals surface area (Å²) < 4.78 is 14.8. The monoisotopic (exact) mass is 266 g/mol. The van der Waals surface area contributed by atoms with Crippen LogP contribution in [0.15, 0.2) is 18.2 Å². The van der Waals surface area contributed by atoms with Crippen LogP contribution in [0.3, 0.4) is 0 Å². The maximum atomic E-state index is 11.8. The maximum absolute atomic E-state index is 11.8. The number of esters is 2. The molecule has 5 nitrogen and oxygen atoms in total. The highest BCUT2D eigenvalue weighted by molar-refractivity contribution is 5.93. The quantitative estimate of drug-likeness (QED) is 0.737. The number of ether oxygens (including phenoxy) is 3. The van der Waals surface area contributed by atoms with Gasteiger partial charge in [0.2, 0.25) is 0 Å². The summed E-state index contributed by atoms with van der Waals surface area (Å²) in [4.78, 5) is 22.9. The molecule has 0 unspecified atom stereocenters. The number of hydrogen-bond donors (Lipinski definition) is 0. The van der Waals surface area contributed by atoms with Crippen molar-refractivity contribution in [3.8, 4) is 5.75 Å². The van der Waals surface area contributed by atoms with Gasteiger partial charge in [0.25, 0.3) is 0 Å². The van der Waals surface area contributed by atoms with Gasteiger partial charge in [0.1, 0.15) is 11.3 Å². The smallest absolute Gasteiger partial charge is 0.341 e. The van der Waals surface area contributed by atoms with Crippen molar-refractivity contribution in [2.75, 3.05) is 20.8 Å². The van der Waals surface area contributed by atoms with Crippen LogP contribution in [-0.2, 0) is 20.7 Å². The molecule has 0 saturated heterocycles. The normalized spacial score (nSPS) is 9.84. The van der Waals surface area contributed by atoms with Gasteiger partial charge in [-0.15, -0.1) is 0 Å². The number of aryl methyl sites for hydroxylation is 1. The molecule has 0 aromatic heterocycles. The van der Waals surface area contributed by atoms with Gasteiger partial charge in [-0.05, 0) is 25.0 Å². The number of rotatable bonds is 6. The number of para-hydroxylation sites is 1. The van der Waals surface area contributed by atoms with Crippen molar-refractivity contribution in [3.63, 3.8) is 0 Å². The molecule has 0 heterocycles. The molecule has 1 aromatic carbocycles. The van der Waals surface area contributed by atoms with Crippen LogP contribution in [0.1, 0.15) is 29.3 Å². The summed E-state index contributed by atoms with van der Waals surface area (Å²) in [6, 6.07) is 5.18. The Balaban J connectivity index is 2.96. The minimum absolute atomic E-state index is 0.235. The van der Waals surface area contributed by atoms with E-state index in [4.69, 9.17) is 9.47 Å². The van der Waals surface area contributed by atoms with Gasteiger partial charge in [-0.1, -0.05) is 12.1 Å². The molecule has 0 radical (unpaired) electrons. The van der Waals surface area contributed by atoms with E-state index in [9.17, 15) is 9.59 Å². The Bertz CT molecular complexity index is 453. The fourth-order valence-corrected chi connectivity index (χ4v) is 1.73. The first-order valence-corrected chi connectivity index (χ1v) is 6.03. The van der Waals surface area contributed by atoms with E-state index in [1.807, 2.05) is 6.07 Å². The van der Waals surface area contributed by atoms with E-state index in [1.165, 1.54) is 14.2 Å². The van der Waals surface area contributed by atoms with Gasteiger partial charge < -0.3 is 14.2 Å². The van der Waals surface area contributed by atoms with Gasteiger partial charge >= 0.3 is 11.9 Å². The average Bonchev–Trinajstić information content (AvgIpc) is 2.44. The van der Waals surface area contributed by atoms with Crippen LogP contribution in [-0.4, -0.2) is 32.8 Å². The van der Waals surface area contributed by atoms with E-state index < -0.39 is 5.97 Å². The molecule has 0 spiro atoms.